The van der Waals surface area contributed by atoms with Gasteiger partial charge in [0.1, 0.15) is 5.75 Å². The SMILES string of the molecule is CC(Oc1ccc(Cl)cc1Br)C(=O)NCCC(=O)N1CCc2sccc2C1. The number of rotatable bonds is 6. The molecule has 3 rings (SSSR count). The normalized spacial score (nSPS) is 14.4. The number of thiophene rings is 1. The number of fused-ring (bicyclic) bond motifs is 1. The Morgan fingerprint density at radius 1 is 1.41 bits per heavy atom. The molecule has 0 spiro atoms. The molecule has 0 radical (unpaired) electrons. The predicted molar refractivity (Wildman–Crippen MR) is 110 cm³/mol. The Hall–Kier alpha value is -1.57. The molecule has 0 saturated carbocycles. The first-order valence-corrected chi connectivity index (χ1v) is 10.7. The molecule has 27 heavy (non-hydrogen) atoms. The van der Waals surface area contributed by atoms with Crippen molar-refractivity contribution in [2.75, 3.05) is 13.1 Å². The molecule has 0 fully saturated rings. The van der Waals surface area contributed by atoms with Crippen LogP contribution in [-0.4, -0.2) is 35.9 Å². The van der Waals surface area contributed by atoms with Gasteiger partial charge in [-0.1, -0.05) is 11.6 Å². The molecule has 8 heteroatoms. The summed E-state index contributed by atoms with van der Waals surface area (Å²) in [5, 5.41) is 5.42. The number of carbonyl (C=O) groups is 2. The highest BCUT2D eigenvalue weighted by Crippen LogP contribution is 2.28. The first-order chi connectivity index (χ1) is 12.9. The summed E-state index contributed by atoms with van der Waals surface area (Å²) in [6.45, 7) is 3.36. The summed E-state index contributed by atoms with van der Waals surface area (Å²) in [5.41, 5.74) is 1.24. The van der Waals surface area contributed by atoms with Crippen LogP contribution in [0.3, 0.4) is 0 Å². The molecule has 1 aliphatic rings. The van der Waals surface area contributed by atoms with Crippen LogP contribution in [0.5, 0.6) is 5.75 Å². The van der Waals surface area contributed by atoms with Gasteiger partial charge >= 0.3 is 0 Å². The Morgan fingerprint density at radius 3 is 3.00 bits per heavy atom. The minimum absolute atomic E-state index is 0.0566. The number of hydrogen-bond donors (Lipinski definition) is 1. The number of nitrogens with one attached hydrogen (secondary N) is 1. The highest BCUT2D eigenvalue weighted by molar-refractivity contribution is 9.10. The third kappa shape index (κ3) is 5.24. The van der Waals surface area contributed by atoms with Gasteiger partial charge in [-0.25, -0.2) is 0 Å². The summed E-state index contributed by atoms with van der Waals surface area (Å²) in [6, 6.07) is 7.18. The van der Waals surface area contributed by atoms with Crippen molar-refractivity contribution in [3.8, 4) is 5.75 Å². The van der Waals surface area contributed by atoms with Crippen LogP contribution >= 0.6 is 38.9 Å². The van der Waals surface area contributed by atoms with Crippen LogP contribution in [0.4, 0.5) is 0 Å². The molecule has 0 saturated heterocycles. The fourth-order valence-electron chi connectivity index (χ4n) is 2.87. The molecule has 1 aromatic heterocycles. The van der Waals surface area contributed by atoms with Crippen LogP contribution in [0, 0.1) is 0 Å². The van der Waals surface area contributed by atoms with Crippen LogP contribution in [0.15, 0.2) is 34.1 Å². The van der Waals surface area contributed by atoms with Crippen molar-refractivity contribution in [3.05, 3.63) is 49.6 Å². The molecule has 1 N–H and O–H groups in total. The van der Waals surface area contributed by atoms with E-state index in [2.05, 4.69) is 32.7 Å². The van der Waals surface area contributed by atoms with E-state index in [9.17, 15) is 9.59 Å². The average molecular weight is 472 g/mol. The molecule has 5 nitrogen and oxygen atoms in total. The van der Waals surface area contributed by atoms with Crippen LogP contribution in [-0.2, 0) is 22.6 Å². The lowest BCUT2D eigenvalue weighted by Crippen LogP contribution is -2.40. The summed E-state index contributed by atoms with van der Waals surface area (Å²) >= 11 is 11.0. The van der Waals surface area contributed by atoms with Gasteiger partial charge in [-0.3, -0.25) is 9.59 Å². The maximum absolute atomic E-state index is 12.4. The molecule has 1 atom stereocenters. The topological polar surface area (TPSA) is 58.6 Å². The second-order valence-electron chi connectivity index (χ2n) is 6.31. The van der Waals surface area contributed by atoms with Crippen molar-refractivity contribution < 1.29 is 14.3 Å². The highest BCUT2D eigenvalue weighted by atomic mass is 79.9. The minimum atomic E-state index is -0.680. The average Bonchev–Trinajstić information content (AvgIpc) is 3.11. The first kappa shape index (κ1) is 20.2. The van der Waals surface area contributed by atoms with Gasteiger partial charge in [0.25, 0.3) is 5.91 Å². The quantitative estimate of drug-likeness (QED) is 0.692. The second-order valence-corrected chi connectivity index (χ2v) is 8.60. The van der Waals surface area contributed by atoms with Crippen molar-refractivity contribution in [1.29, 1.82) is 0 Å². The van der Waals surface area contributed by atoms with E-state index in [-0.39, 0.29) is 18.2 Å². The van der Waals surface area contributed by atoms with Crippen LogP contribution < -0.4 is 10.1 Å². The molecule has 1 aliphatic heterocycles. The van der Waals surface area contributed by atoms with Gasteiger partial charge in [-0.15, -0.1) is 11.3 Å². The van der Waals surface area contributed by atoms with E-state index in [0.717, 1.165) is 13.0 Å². The van der Waals surface area contributed by atoms with Crippen molar-refractivity contribution in [2.24, 2.45) is 0 Å². The van der Waals surface area contributed by atoms with E-state index in [4.69, 9.17) is 16.3 Å². The Labute approximate surface area is 175 Å². The minimum Gasteiger partial charge on any atom is -0.480 e. The number of ether oxygens (including phenoxy) is 1. The maximum Gasteiger partial charge on any atom is 0.260 e. The van der Waals surface area contributed by atoms with Crippen molar-refractivity contribution in [2.45, 2.75) is 32.4 Å². The third-order valence-corrected chi connectivity index (χ3v) is 6.24. The fourth-order valence-corrected chi connectivity index (χ4v) is 4.54. The molecule has 2 aromatic rings. The van der Waals surface area contributed by atoms with Crippen LogP contribution in [0.25, 0.3) is 0 Å². The zero-order chi connectivity index (χ0) is 19.4. The summed E-state index contributed by atoms with van der Waals surface area (Å²) in [7, 11) is 0. The molecule has 1 aromatic carbocycles. The highest BCUT2D eigenvalue weighted by Gasteiger charge is 2.22. The van der Waals surface area contributed by atoms with Crippen molar-refractivity contribution in [1.82, 2.24) is 10.2 Å². The fraction of sp³-hybridized carbons (Fsp3) is 0.368. The number of amides is 2. The van der Waals surface area contributed by atoms with Gasteiger partial charge in [-0.2, -0.15) is 0 Å². The summed E-state index contributed by atoms with van der Waals surface area (Å²) < 4.78 is 6.34. The zero-order valence-corrected chi connectivity index (χ0v) is 18.0. The molecule has 2 amide bonds. The summed E-state index contributed by atoms with van der Waals surface area (Å²) in [5.74, 6) is 0.336. The van der Waals surface area contributed by atoms with Crippen molar-refractivity contribution in [3.63, 3.8) is 0 Å². The smallest absolute Gasteiger partial charge is 0.260 e. The van der Waals surface area contributed by atoms with E-state index in [1.165, 1.54) is 10.4 Å². The zero-order valence-electron chi connectivity index (χ0n) is 14.8. The Balaban J connectivity index is 1.43. The maximum atomic E-state index is 12.4. The van der Waals surface area contributed by atoms with Gasteiger partial charge in [0.15, 0.2) is 6.10 Å². The number of benzene rings is 1. The van der Waals surface area contributed by atoms with Gasteiger partial charge in [0, 0.05) is 36.0 Å². The lowest BCUT2D eigenvalue weighted by molar-refractivity contribution is -0.132. The predicted octanol–water partition coefficient (Wildman–Crippen LogP) is 4.02. The molecule has 0 bridgehead atoms. The van der Waals surface area contributed by atoms with Crippen LogP contribution in [0.1, 0.15) is 23.8 Å². The van der Waals surface area contributed by atoms with Crippen LogP contribution in [0.2, 0.25) is 5.02 Å². The third-order valence-electron chi connectivity index (χ3n) is 4.37. The van der Waals surface area contributed by atoms with Crippen molar-refractivity contribution >= 4 is 50.7 Å². The van der Waals surface area contributed by atoms with E-state index < -0.39 is 6.10 Å². The number of hydrogen-bond acceptors (Lipinski definition) is 4. The molecular weight excluding hydrogens is 452 g/mol. The molecule has 144 valence electrons. The Bertz CT molecular complexity index is 842. The first-order valence-electron chi connectivity index (χ1n) is 8.66. The van der Waals surface area contributed by atoms with Gasteiger partial charge in [0.05, 0.1) is 4.47 Å². The Morgan fingerprint density at radius 2 is 2.22 bits per heavy atom. The molecule has 0 aliphatic carbocycles. The van der Waals surface area contributed by atoms with Gasteiger partial charge in [-0.05, 0) is 64.5 Å². The number of carbonyl (C=O) groups excluding carboxylic acids is 2. The van der Waals surface area contributed by atoms with Gasteiger partial charge < -0.3 is 15.0 Å². The lowest BCUT2D eigenvalue weighted by atomic mass is 10.1. The second kappa shape index (κ2) is 9.08. The molecular formula is C19H20BrClN2O3S. The Kier molecular flexibility index (Phi) is 6.78. The number of nitrogens with zero attached hydrogens (tertiary/aromatic N) is 1. The van der Waals surface area contributed by atoms with E-state index in [1.807, 2.05) is 4.90 Å². The molecule has 1 unspecified atom stereocenters. The monoisotopic (exact) mass is 470 g/mol. The largest absolute Gasteiger partial charge is 0.480 e. The standard InChI is InChI=1S/C19H20BrClN2O3S/c1-12(26-16-3-2-14(21)10-15(16)20)19(25)22-7-4-18(24)23-8-5-17-13(11-23)6-9-27-17/h2-3,6,9-10,12H,4-5,7-8,11H2,1H3,(H,22,25). The number of halogens is 2. The summed E-state index contributed by atoms with van der Waals surface area (Å²) in [4.78, 5) is 27.8. The lowest BCUT2D eigenvalue weighted by Gasteiger charge is -2.27. The van der Waals surface area contributed by atoms with Gasteiger partial charge in [0.2, 0.25) is 5.91 Å². The van der Waals surface area contributed by atoms with E-state index >= 15 is 0 Å². The summed E-state index contributed by atoms with van der Waals surface area (Å²) in [6.07, 6.45) is 0.509. The molecule has 2 heterocycles. The van der Waals surface area contributed by atoms with E-state index in [1.54, 1.807) is 36.5 Å². The van der Waals surface area contributed by atoms with E-state index in [0.29, 0.717) is 28.3 Å².